The van der Waals surface area contributed by atoms with Crippen LogP contribution < -0.4 is 0 Å². The number of carbonyl (C=O) groups is 1. The van der Waals surface area contributed by atoms with Gasteiger partial charge in [-0.1, -0.05) is 26.0 Å². The molecule has 0 aromatic rings. The van der Waals surface area contributed by atoms with Crippen LogP contribution in [0.25, 0.3) is 0 Å². The smallest absolute Gasteiger partial charge is 0.157 e. The Morgan fingerprint density at radius 3 is 2.74 bits per heavy atom. The van der Waals surface area contributed by atoms with Crippen LogP contribution in [-0.4, -0.2) is 25.8 Å². The van der Waals surface area contributed by atoms with Crippen LogP contribution in [0, 0.1) is 34.5 Å². The minimum absolute atomic E-state index is 0.0633. The third-order valence-electron chi connectivity index (χ3n) is 8.80. The summed E-state index contributed by atoms with van der Waals surface area (Å²) in [5, 5.41) is 0. The van der Waals surface area contributed by atoms with E-state index in [-0.39, 0.29) is 11.7 Å². The zero-order chi connectivity index (χ0) is 19.2. The van der Waals surface area contributed by atoms with E-state index in [0.717, 1.165) is 25.2 Å². The van der Waals surface area contributed by atoms with E-state index in [1.807, 2.05) is 13.0 Å². The molecule has 7 atom stereocenters. The molecule has 7 unspecified atom stereocenters. The fraction of sp³-hybridized carbons (Fsp3) is 0.792. The van der Waals surface area contributed by atoms with Gasteiger partial charge in [0.25, 0.3) is 0 Å². The van der Waals surface area contributed by atoms with E-state index in [2.05, 4.69) is 26.0 Å². The van der Waals surface area contributed by atoms with Gasteiger partial charge in [-0.15, -0.1) is 0 Å². The van der Waals surface area contributed by atoms with Gasteiger partial charge in [0.15, 0.2) is 12.1 Å². The number of methoxy groups -OCH3 is 1. The lowest BCUT2D eigenvalue weighted by Crippen LogP contribution is -2.49. The Morgan fingerprint density at radius 2 is 2.00 bits per heavy atom. The maximum atomic E-state index is 11.9. The summed E-state index contributed by atoms with van der Waals surface area (Å²) in [6.45, 7) is 7.72. The molecule has 0 amide bonds. The van der Waals surface area contributed by atoms with Gasteiger partial charge >= 0.3 is 0 Å². The first-order chi connectivity index (χ1) is 12.9. The first kappa shape index (κ1) is 19.4. The van der Waals surface area contributed by atoms with Crippen molar-refractivity contribution in [3.63, 3.8) is 0 Å². The summed E-state index contributed by atoms with van der Waals surface area (Å²) in [5.74, 6) is 3.12. The molecule has 3 nitrogen and oxygen atoms in total. The van der Waals surface area contributed by atoms with E-state index in [1.54, 1.807) is 7.11 Å². The van der Waals surface area contributed by atoms with Gasteiger partial charge in [-0.05, 0) is 85.2 Å². The summed E-state index contributed by atoms with van der Waals surface area (Å²) in [6.07, 6.45) is 14.6. The second-order valence-corrected chi connectivity index (χ2v) is 9.81. The molecule has 0 aliphatic heterocycles. The lowest BCUT2D eigenvalue weighted by atomic mass is 9.48. The highest BCUT2D eigenvalue weighted by Crippen LogP contribution is 2.65. The number of hydrogen-bond acceptors (Lipinski definition) is 3. The van der Waals surface area contributed by atoms with Crippen LogP contribution in [-0.2, 0) is 14.3 Å². The number of fused-ring (bicyclic) bond motifs is 5. The summed E-state index contributed by atoms with van der Waals surface area (Å²) in [6, 6.07) is 0. The van der Waals surface area contributed by atoms with E-state index in [0.29, 0.717) is 35.6 Å². The Balaban J connectivity index is 1.58. The Morgan fingerprint density at radius 1 is 1.19 bits per heavy atom. The number of carbonyl (C=O) groups excluding carboxylic acids is 1. The number of ketones is 1. The van der Waals surface area contributed by atoms with Crippen molar-refractivity contribution in [1.82, 2.24) is 0 Å². The van der Waals surface area contributed by atoms with Crippen LogP contribution in [0.4, 0.5) is 0 Å². The zero-order valence-corrected chi connectivity index (χ0v) is 17.5. The van der Waals surface area contributed by atoms with Gasteiger partial charge in [0.1, 0.15) is 0 Å². The molecule has 0 aromatic heterocycles. The average Bonchev–Trinajstić information content (AvgIpc) is 2.98. The molecule has 2 fully saturated rings. The molecule has 0 saturated heterocycles. The second kappa shape index (κ2) is 7.15. The van der Waals surface area contributed by atoms with Crippen molar-refractivity contribution in [3.05, 3.63) is 23.8 Å². The molecule has 0 spiro atoms. The van der Waals surface area contributed by atoms with Crippen LogP contribution in [0.15, 0.2) is 23.8 Å². The third-order valence-corrected chi connectivity index (χ3v) is 8.80. The predicted molar refractivity (Wildman–Crippen MR) is 107 cm³/mol. The fourth-order valence-corrected chi connectivity index (χ4v) is 7.14. The van der Waals surface area contributed by atoms with Crippen LogP contribution in [0.1, 0.15) is 65.7 Å². The molecule has 2 saturated carbocycles. The molecule has 150 valence electrons. The van der Waals surface area contributed by atoms with Gasteiger partial charge < -0.3 is 9.47 Å². The molecule has 0 radical (unpaired) electrons. The van der Waals surface area contributed by atoms with Crippen LogP contribution in [0.3, 0.4) is 0 Å². The zero-order valence-electron chi connectivity index (χ0n) is 17.5. The molecule has 4 aliphatic carbocycles. The largest absolute Gasteiger partial charge is 0.356 e. The Hall–Kier alpha value is -0.930. The number of ether oxygens (including phenoxy) is 2. The van der Waals surface area contributed by atoms with E-state index < -0.39 is 0 Å². The first-order valence-electron chi connectivity index (χ1n) is 11.0. The highest BCUT2D eigenvalue weighted by atomic mass is 16.7. The van der Waals surface area contributed by atoms with Crippen molar-refractivity contribution in [3.8, 4) is 0 Å². The van der Waals surface area contributed by atoms with Crippen LogP contribution >= 0.6 is 0 Å². The van der Waals surface area contributed by atoms with Crippen molar-refractivity contribution in [1.29, 1.82) is 0 Å². The summed E-state index contributed by atoms with van der Waals surface area (Å²) < 4.78 is 11.4. The SMILES string of the molecule is CCOC(CC1CCC2C3C=CC4=CC(=O)CCC4(C)C3CCC12C)OC. The first-order valence-corrected chi connectivity index (χ1v) is 11.0. The minimum atomic E-state index is -0.0633. The van der Waals surface area contributed by atoms with Crippen molar-refractivity contribution in [2.24, 2.45) is 34.5 Å². The standard InChI is InChI=1S/C24H36O3/c1-5-27-22(26-4)15-17-7-9-20-19-8-6-16-14-18(25)10-12-23(16,2)21(19)11-13-24(17,20)3/h6,8,14,17,19-22H,5,7,9-13,15H2,1-4H3. The van der Waals surface area contributed by atoms with E-state index in [9.17, 15) is 4.79 Å². The van der Waals surface area contributed by atoms with E-state index >= 15 is 0 Å². The minimum Gasteiger partial charge on any atom is -0.356 e. The predicted octanol–water partition coefficient (Wildman–Crippen LogP) is 5.31. The Kier molecular flexibility index (Phi) is 5.13. The normalized spacial score (nSPS) is 44.3. The Bertz CT molecular complexity index is 650. The fourth-order valence-electron chi connectivity index (χ4n) is 7.14. The lowest BCUT2D eigenvalue weighted by Gasteiger charge is -2.56. The van der Waals surface area contributed by atoms with E-state index in [4.69, 9.17) is 9.47 Å². The highest BCUT2D eigenvalue weighted by molar-refractivity contribution is 5.92. The molecular weight excluding hydrogens is 336 g/mol. The third kappa shape index (κ3) is 3.06. The maximum Gasteiger partial charge on any atom is 0.157 e. The summed E-state index contributed by atoms with van der Waals surface area (Å²) >= 11 is 0. The topological polar surface area (TPSA) is 35.5 Å². The van der Waals surface area contributed by atoms with Crippen molar-refractivity contribution >= 4 is 5.78 Å². The monoisotopic (exact) mass is 372 g/mol. The molecule has 0 heterocycles. The number of hydrogen-bond donors (Lipinski definition) is 0. The van der Waals surface area contributed by atoms with Gasteiger partial charge in [-0.3, -0.25) is 4.79 Å². The van der Waals surface area contributed by atoms with Gasteiger partial charge in [0.05, 0.1) is 0 Å². The van der Waals surface area contributed by atoms with Gasteiger partial charge in [-0.25, -0.2) is 0 Å². The average molecular weight is 373 g/mol. The Labute approximate surface area is 164 Å². The molecule has 0 N–H and O–H groups in total. The quantitative estimate of drug-likeness (QED) is 0.614. The van der Waals surface area contributed by atoms with Crippen LogP contribution in [0.2, 0.25) is 0 Å². The highest BCUT2D eigenvalue weighted by Gasteiger charge is 2.57. The molecule has 4 aliphatic rings. The van der Waals surface area contributed by atoms with Gasteiger partial charge in [0.2, 0.25) is 0 Å². The van der Waals surface area contributed by atoms with Crippen molar-refractivity contribution < 1.29 is 14.3 Å². The molecule has 4 rings (SSSR count). The summed E-state index contributed by atoms with van der Waals surface area (Å²) in [5.41, 5.74) is 1.89. The molecule has 0 bridgehead atoms. The second-order valence-electron chi connectivity index (χ2n) is 9.81. The molecular formula is C24H36O3. The van der Waals surface area contributed by atoms with Gasteiger partial charge in [0, 0.05) is 26.6 Å². The summed E-state index contributed by atoms with van der Waals surface area (Å²) in [4.78, 5) is 11.9. The maximum absolute atomic E-state index is 11.9. The van der Waals surface area contributed by atoms with Crippen molar-refractivity contribution in [2.45, 2.75) is 72.0 Å². The van der Waals surface area contributed by atoms with Crippen LogP contribution in [0.5, 0.6) is 0 Å². The number of allylic oxidation sites excluding steroid dienone is 4. The molecule has 0 aromatic carbocycles. The van der Waals surface area contributed by atoms with Gasteiger partial charge in [-0.2, -0.15) is 0 Å². The molecule has 3 heteroatoms. The number of rotatable bonds is 5. The molecule has 27 heavy (non-hydrogen) atoms. The lowest BCUT2D eigenvalue weighted by molar-refractivity contribution is -0.141. The van der Waals surface area contributed by atoms with Crippen molar-refractivity contribution in [2.75, 3.05) is 13.7 Å². The van der Waals surface area contributed by atoms with E-state index in [1.165, 1.54) is 31.3 Å². The summed E-state index contributed by atoms with van der Waals surface area (Å²) in [7, 11) is 1.77.